The van der Waals surface area contributed by atoms with Crippen LogP contribution in [0.25, 0.3) is 6.08 Å². The molecule has 6 nitrogen and oxygen atoms in total. The predicted molar refractivity (Wildman–Crippen MR) is 123 cm³/mol. The zero-order valence-electron chi connectivity index (χ0n) is 16.5. The second kappa shape index (κ2) is 9.51. The number of rotatable bonds is 6. The molecule has 1 aliphatic rings. The molecule has 156 valence electrons. The summed E-state index contributed by atoms with van der Waals surface area (Å²) in [6.07, 6.45) is 1.69. The number of nitrogens with zero attached hydrogens (tertiary/aromatic N) is 1. The van der Waals surface area contributed by atoms with E-state index >= 15 is 0 Å². The van der Waals surface area contributed by atoms with E-state index in [9.17, 15) is 9.59 Å². The fourth-order valence-corrected chi connectivity index (χ4v) is 3.91. The summed E-state index contributed by atoms with van der Waals surface area (Å²) < 4.78 is 11.3. The van der Waals surface area contributed by atoms with Crippen molar-refractivity contribution in [2.75, 3.05) is 7.11 Å². The zero-order chi connectivity index (χ0) is 21.8. The van der Waals surface area contributed by atoms with Gasteiger partial charge in [-0.15, -0.1) is 0 Å². The van der Waals surface area contributed by atoms with Crippen LogP contribution in [0.15, 0.2) is 47.4 Å². The van der Waals surface area contributed by atoms with Crippen molar-refractivity contribution in [3.63, 3.8) is 0 Å². The minimum absolute atomic E-state index is 0.00486. The SMILES string of the molecule is COc1cc(/C=C2\SC(=S)N(NC(=O)c3ccc(Cl)cc3)C2=O)ccc1OC(C)C. The molecule has 2 amide bonds. The van der Waals surface area contributed by atoms with Gasteiger partial charge in [-0.3, -0.25) is 15.0 Å². The van der Waals surface area contributed by atoms with E-state index in [4.69, 9.17) is 33.3 Å². The van der Waals surface area contributed by atoms with E-state index in [2.05, 4.69) is 5.43 Å². The van der Waals surface area contributed by atoms with Gasteiger partial charge in [0, 0.05) is 10.6 Å². The first kappa shape index (κ1) is 22.1. The van der Waals surface area contributed by atoms with Crippen molar-refractivity contribution in [2.45, 2.75) is 20.0 Å². The summed E-state index contributed by atoms with van der Waals surface area (Å²) in [5, 5.41) is 1.58. The Morgan fingerprint density at radius 3 is 2.53 bits per heavy atom. The molecule has 1 saturated heterocycles. The van der Waals surface area contributed by atoms with Gasteiger partial charge in [0.25, 0.3) is 11.8 Å². The highest BCUT2D eigenvalue weighted by Crippen LogP contribution is 2.34. The maximum absolute atomic E-state index is 12.8. The first-order valence-corrected chi connectivity index (χ1v) is 10.6. The van der Waals surface area contributed by atoms with Crippen molar-refractivity contribution >= 4 is 57.8 Å². The molecule has 1 fully saturated rings. The van der Waals surface area contributed by atoms with Crippen LogP contribution in [0.1, 0.15) is 29.8 Å². The summed E-state index contributed by atoms with van der Waals surface area (Å²) in [5.41, 5.74) is 3.64. The number of thiocarbonyl (C=S) groups is 1. The molecule has 0 aliphatic carbocycles. The average Bonchev–Trinajstić information content (AvgIpc) is 2.96. The van der Waals surface area contributed by atoms with E-state index in [1.54, 1.807) is 49.6 Å². The average molecular weight is 463 g/mol. The van der Waals surface area contributed by atoms with Gasteiger partial charge < -0.3 is 9.47 Å². The van der Waals surface area contributed by atoms with Crippen LogP contribution in [0, 0.1) is 0 Å². The van der Waals surface area contributed by atoms with Gasteiger partial charge >= 0.3 is 0 Å². The number of hydrazine groups is 1. The molecular formula is C21H19ClN2O4S2. The fourth-order valence-electron chi connectivity index (χ4n) is 2.61. The largest absolute Gasteiger partial charge is 0.493 e. The summed E-state index contributed by atoms with van der Waals surface area (Å²) >= 11 is 12.2. The van der Waals surface area contributed by atoms with Crippen LogP contribution < -0.4 is 14.9 Å². The van der Waals surface area contributed by atoms with Crippen LogP contribution >= 0.6 is 35.6 Å². The third-order valence-electron chi connectivity index (χ3n) is 3.96. The number of halogens is 1. The van der Waals surface area contributed by atoms with Gasteiger partial charge in [0.15, 0.2) is 15.8 Å². The van der Waals surface area contributed by atoms with Crippen molar-refractivity contribution in [3.05, 3.63) is 63.5 Å². The van der Waals surface area contributed by atoms with E-state index in [1.165, 1.54) is 0 Å². The standard InChI is InChI=1S/C21H19ClN2O4S2/c1-12(2)28-16-9-4-13(10-17(16)27-3)11-18-20(26)24(21(29)30-18)23-19(25)14-5-7-15(22)8-6-14/h4-12H,1-3H3,(H,23,25)/b18-11-. The Bertz CT molecular complexity index is 1020. The Kier molecular flexibility index (Phi) is 7.02. The molecule has 0 saturated carbocycles. The number of methoxy groups -OCH3 is 1. The maximum Gasteiger partial charge on any atom is 0.285 e. The Hall–Kier alpha value is -2.55. The topological polar surface area (TPSA) is 67.9 Å². The van der Waals surface area contributed by atoms with Crippen LogP contribution in [0.4, 0.5) is 0 Å². The number of ether oxygens (including phenoxy) is 2. The van der Waals surface area contributed by atoms with Crippen molar-refractivity contribution in [2.24, 2.45) is 0 Å². The molecular weight excluding hydrogens is 444 g/mol. The molecule has 0 atom stereocenters. The first-order chi connectivity index (χ1) is 14.3. The Balaban J connectivity index is 1.77. The maximum atomic E-state index is 12.8. The van der Waals surface area contributed by atoms with E-state index in [-0.39, 0.29) is 10.4 Å². The second-order valence-electron chi connectivity index (χ2n) is 6.54. The summed E-state index contributed by atoms with van der Waals surface area (Å²) in [6.45, 7) is 3.86. The van der Waals surface area contributed by atoms with Crippen molar-refractivity contribution in [1.82, 2.24) is 10.4 Å². The highest BCUT2D eigenvalue weighted by Gasteiger charge is 2.33. The molecule has 1 N–H and O–H groups in total. The molecule has 2 aromatic carbocycles. The van der Waals surface area contributed by atoms with E-state index in [0.29, 0.717) is 27.0 Å². The number of benzene rings is 2. The lowest BCUT2D eigenvalue weighted by Gasteiger charge is -2.15. The molecule has 1 aliphatic heterocycles. The minimum atomic E-state index is -0.457. The molecule has 0 bridgehead atoms. The molecule has 0 aromatic heterocycles. The quantitative estimate of drug-likeness (QED) is 0.496. The van der Waals surface area contributed by atoms with Gasteiger partial charge in [0.1, 0.15) is 0 Å². The number of thioether (sulfide) groups is 1. The second-order valence-corrected chi connectivity index (χ2v) is 8.65. The Labute approximate surface area is 189 Å². The van der Waals surface area contributed by atoms with Crippen LogP contribution in [-0.2, 0) is 4.79 Å². The Morgan fingerprint density at radius 2 is 1.90 bits per heavy atom. The first-order valence-electron chi connectivity index (χ1n) is 8.97. The summed E-state index contributed by atoms with van der Waals surface area (Å²) in [4.78, 5) is 25.6. The number of hydrogen-bond acceptors (Lipinski definition) is 6. The molecule has 30 heavy (non-hydrogen) atoms. The van der Waals surface area contributed by atoms with Gasteiger partial charge in [-0.05, 0) is 74.1 Å². The van der Waals surface area contributed by atoms with E-state index in [0.717, 1.165) is 22.3 Å². The smallest absolute Gasteiger partial charge is 0.285 e. The number of nitrogens with one attached hydrogen (secondary N) is 1. The molecule has 1 heterocycles. The third-order valence-corrected chi connectivity index (χ3v) is 5.52. The number of carbonyl (C=O) groups excluding carboxylic acids is 2. The lowest BCUT2D eigenvalue weighted by Crippen LogP contribution is -2.44. The van der Waals surface area contributed by atoms with Crippen molar-refractivity contribution in [3.8, 4) is 11.5 Å². The zero-order valence-corrected chi connectivity index (χ0v) is 18.9. The number of amides is 2. The fraction of sp³-hybridized carbons (Fsp3) is 0.190. The lowest BCUT2D eigenvalue weighted by atomic mass is 10.2. The summed E-state index contributed by atoms with van der Waals surface area (Å²) in [5.74, 6) is 0.311. The monoisotopic (exact) mass is 462 g/mol. The molecule has 2 aromatic rings. The van der Waals surface area contributed by atoms with Crippen LogP contribution in [-0.4, -0.2) is 34.4 Å². The third kappa shape index (κ3) is 5.13. The van der Waals surface area contributed by atoms with Crippen molar-refractivity contribution in [1.29, 1.82) is 0 Å². The van der Waals surface area contributed by atoms with Gasteiger partial charge in [-0.2, -0.15) is 5.01 Å². The molecule has 0 spiro atoms. The highest BCUT2D eigenvalue weighted by atomic mass is 35.5. The lowest BCUT2D eigenvalue weighted by molar-refractivity contribution is -0.123. The molecule has 0 radical (unpaired) electrons. The summed E-state index contributed by atoms with van der Waals surface area (Å²) in [6, 6.07) is 11.7. The van der Waals surface area contributed by atoms with Crippen LogP contribution in [0.2, 0.25) is 5.02 Å². The number of hydrogen-bond donors (Lipinski definition) is 1. The molecule has 3 rings (SSSR count). The number of carbonyl (C=O) groups is 2. The molecule has 9 heteroatoms. The van der Waals surface area contributed by atoms with Crippen molar-refractivity contribution < 1.29 is 19.1 Å². The van der Waals surface area contributed by atoms with Gasteiger partial charge in [-0.25, -0.2) is 0 Å². The minimum Gasteiger partial charge on any atom is -0.493 e. The van der Waals surface area contributed by atoms with E-state index in [1.807, 2.05) is 19.9 Å². The van der Waals surface area contributed by atoms with E-state index < -0.39 is 11.8 Å². The Morgan fingerprint density at radius 1 is 1.20 bits per heavy atom. The molecule has 0 unspecified atom stereocenters. The van der Waals surface area contributed by atoms with Crippen LogP contribution in [0.5, 0.6) is 11.5 Å². The predicted octanol–water partition coefficient (Wildman–Crippen LogP) is 4.68. The van der Waals surface area contributed by atoms with Gasteiger partial charge in [0.05, 0.1) is 18.1 Å². The van der Waals surface area contributed by atoms with Gasteiger partial charge in [-0.1, -0.05) is 29.4 Å². The van der Waals surface area contributed by atoms with Crippen LogP contribution in [0.3, 0.4) is 0 Å². The normalized spacial score (nSPS) is 15.1. The van der Waals surface area contributed by atoms with Gasteiger partial charge in [0.2, 0.25) is 0 Å². The highest BCUT2D eigenvalue weighted by molar-refractivity contribution is 8.26. The summed E-state index contributed by atoms with van der Waals surface area (Å²) in [7, 11) is 1.55.